The minimum absolute atomic E-state index is 0.0124. The van der Waals surface area contributed by atoms with Gasteiger partial charge in [0.2, 0.25) is 0 Å². The second-order valence-corrected chi connectivity index (χ2v) is 9.40. The lowest BCUT2D eigenvalue weighted by Crippen LogP contribution is -2.33. The molecular formula is C22H22N4O4S. The first-order valence-electron chi connectivity index (χ1n) is 10.3. The number of H-pyrrole nitrogens is 1. The molecule has 2 aromatic carbocycles. The monoisotopic (exact) mass is 438 g/mol. The molecule has 0 saturated heterocycles. The molecule has 1 fully saturated rings. The van der Waals surface area contributed by atoms with Crippen LogP contribution in [0.2, 0.25) is 0 Å². The molecule has 9 heteroatoms. The zero-order chi connectivity index (χ0) is 21.4. The number of hydrogen-bond acceptors (Lipinski definition) is 6. The van der Waals surface area contributed by atoms with Gasteiger partial charge < -0.3 is 10.3 Å². The second-order valence-electron chi connectivity index (χ2n) is 7.85. The van der Waals surface area contributed by atoms with Crippen LogP contribution >= 0.6 is 0 Å². The van der Waals surface area contributed by atoms with Crippen molar-refractivity contribution in [3.05, 3.63) is 53.9 Å². The first-order chi connectivity index (χ1) is 15.0. The molecule has 2 aliphatic rings. The van der Waals surface area contributed by atoms with Crippen LogP contribution in [0.15, 0.2) is 47.4 Å². The standard InChI is InChI=1S/C22H22N4O4S/c27-22-17(13-21-23-19-8-4-5-9-20(19)24-21)16-12-15(10-11-18(16)25-22)31(28,29)30-26-14-6-2-1-3-7-14/h4-5,8-14,26H,1-3,6-7H2,(H,23,24)(H,25,27). The summed E-state index contributed by atoms with van der Waals surface area (Å²) in [4.78, 5) is 20.1. The summed E-state index contributed by atoms with van der Waals surface area (Å²) < 4.78 is 30.5. The van der Waals surface area contributed by atoms with Crippen LogP contribution in [0.3, 0.4) is 0 Å². The molecule has 0 atom stereocenters. The Kier molecular flexibility index (Phi) is 5.09. The number of hydrogen-bond donors (Lipinski definition) is 3. The van der Waals surface area contributed by atoms with E-state index in [9.17, 15) is 13.2 Å². The van der Waals surface area contributed by atoms with Crippen molar-refractivity contribution in [3.63, 3.8) is 0 Å². The normalized spacial score (nSPS) is 18.5. The first-order valence-corrected chi connectivity index (χ1v) is 11.7. The third-order valence-electron chi connectivity index (χ3n) is 5.68. The number of para-hydroxylation sites is 2. The highest BCUT2D eigenvalue weighted by Crippen LogP contribution is 2.35. The van der Waals surface area contributed by atoms with Gasteiger partial charge in [-0.3, -0.25) is 4.79 Å². The molecule has 1 saturated carbocycles. The maximum Gasteiger partial charge on any atom is 0.312 e. The summed E-state index contributed by atoms with van der Waals surface area (Å²) in [5.41, 5.74) is 5.72. The van der Waals surface area contributed by atoms with Gasteiger partial charge in [-0.1, -0.05) is 31.4 Å². The third kappa shape index (κ3) is 3.99. The SMILES string of the molecule is O=C1Nc2ccc(S(=O)(=O)ONC3CCCCC3)cc2C1=Cc1nc2ccccc2[nH]1. The number of anilines is 1. The summed E-state index contributed by atoms with van der Waals surface area (Å²) in [6.45, 7) is 0. The first kappa shape index (κ1) is 19.9. The summed E-state index contributed by atoms with van der Waals surface area (Å²) in [5.74, 6) is 0.203. The molecule has 1 aliphatic heterocycles. The number of nitrogens with zero attached hydrogens (tertiary/aromatic N) is 1. The number of carbonyl (C=O) groups is 1. The van der Waals surface area contributed by atoms with Crippen molar-refractivity contribution in [1.29, 1.82) is 0 Å². The lowest BCUT2D eigenvalue weighted by molar-refractivity contribution is -0.110. The summed E-state index contributed by atoms with van der Waals surface area (Å²) in [6, 6.07) is 12.0. The molecule has 0 unspecified atom stereocenters. The quantitative estimate of drug-likeness (QED) is 0.414. The Morgan fingerprint density at radius 2 is 1.90 bits per heavy atom. The van der Waals surface area contributed by atoms with E-state index in [0.29, 0.717) is 22.6 Å². The fourth-order valence-electron chi connectivity index (χ4n) is 4.04. The minimum Gasteiger partial charge on any atom is -0.338 e. The van der Waals surface area contributed by atoms with E-state index >= 15 is 0 Å². The number of amides is 1. The Morgan fingerprint density at radius 1 is 1.10 bits per heavy atom. The number of carbonyl (C=O) groups excluding carboxylic acids is 1. The summed E-state index contributed by atoms with van der Waals surface area (Å²) in [5, 5.41) is 2.76. The van der Waals surface area contributed by atoms with Crippen molar-refractivity contribution in [2.45, 2.75) is 43.0 Å². The molecule has 1 aromatic heterocycles. The Balaban J connectivity index is 1.43. The van der Waals surface area contributed by atoms with Crippen LogP contribution < -0.4 is 10.8 Å². The van der Waals surface area contributed by atoms with E-state index < -0.39 is 10.1 Å². The van der Waals surface area contributed by atoms with E-state index in [0.717, 1.165) is 43.1 Å². The van der Waals surface area contributed by atoms with Gasteiger partial charge in [-0.15, -0.1) is 0 Å². The fourth-order valence-corrected chi connectivity index (χ4v) is 4.90. The number of hydroxylamine groups is 1. The smallest absolute Gasteiger partial charge is 0.312 e. The molecule has 3 aromatic rings. The molecule has 8 nitrogen and oxygen atoms in total. The van der Waals surface area contributed by atoms with Gasteiger partial charge in [0.25, 0.3) is 5.91 Å². The number of nitrogens with one attached hydrogen (secondary N) is 3. The van der Waals surface area contributed by atoms with Crippen molar-refractivity contribution in [1.82, 2.24) is 15.4 Å². The van der Waals surface area contributed by atoms with Crippen LogP contribution in [-0.4, -0.2) is 30.3 Å². The number of imidazole rings is 1. The maximum absolute atomic E-state index is 12.7. The Hall–Kier alpha value is -3.01. The average Bonchev–Trinajstić information content (AvgIpc) is 3.33. The van der Waals surface area contributed by atoms with Crippen LogP contribution in [0.5, 0.6) is 0 Å². The van der Waals surface area contributed by atoms with Crippen LogP contribution in [0.4, 0.5) is 5.69 Å². The summed E-state index contributed by atoms with van der Waals surface area (Å²) >= 11 is 0. The predicted molar refractivity (Wildman–Crippen MR) is 117 cm³/mol. The number of rotatable bonds is 5. The van der Waals surface area contributed by atoms with Crippen molar-refractivity contribution in [2.24, 2.45) is 0 Å². The average molecular weight is 439 g/mol. The highest BCUT2D eigenvalue weighted by atomic mass is 32.2. The highest BCUT2D eigenvalue weighted by Gasteiger charge is 2.28. The molecule has 0 bridgehead atoms. The van der Waals surface area contributed by atoms with Crippen molar-refractivity contribution < 1.29 is 17.5 Å². The van der Waals surface area contributed by atoms with E-state index in [-0.39, 0.29) is 16.8 Å². The van der Waals surface area contributed by atoms with Gasteiger partial charge in [0, 0.05) is 17.3 Å². The van der Waals surface area contributed by atoms with Crippen molar-refractivity contribution in [2.75, 3.05) is 5.32 Å². The highest BCUT2D eigenvalue weighted by molar-refractivity contribution is 7.86. The van der Waals surface area contributed by atoms with Gasteiger partial charge in [-0.05, 0) is 49.2 Å². The van der Waals surface area contributed by atoms with E-state index in [1.165, 1.54) is 12.1 Å². The van der Waals surface area contributed by atoms with Gasteiger partial charge in [0.05, 0.1) is 21.5 Å². The summed E-state index contributed by atoms with van der Waals surface area (Å²) in [6.07, 6.45) is 6.69. The van der Waals surface area contributed by atoms with Crippen LogP contribution in [0.1, 0.15) is 43.5 Å². The van der Waals surface area contributed by atoms with Gasteiger partial charge in [0.15, 0.2) is 0 Å². The third-order valence-corrected chi connectivity index (χ3v) is 6.83. The molecule has 31 heavy (non-hydrogen) atoms. The number of aromatic amines is 1. The van der Waals surface area contributed by atoms with Gasteiger partial charge >= 0.3 is 10.1 Å². The van der Waals surface area contributed by atoms with Crippen molar-refractivity contribution >= 4 is 44.4 Å². The van der Waals surface area contributed by atoms with Crippen LogP contribution in [0.25, 0.3) is 22.7 Å². The second kappa shape index (κ2) is 7.92. The predicted octanol–water partition coefficient (Wildman–Crippen LogP) is 3.60. The van der Waals surface area contributed by atoms with E-state index in [1.807, 2.05) is 24.3 Å². The van der Waals surface area contributed by atoms with Gasteiger partial charge in [0.1, 0.15) is 5.82 Å². The van der Waals surface area contributed by atoms with E-state index in [1.54, 1.807) is 12.1 Å². The Bertz CT molecular complexity index is 1260. The van der Waals surface area contributed by atoms with E-state index in [2.05, 4.69) is 20.8 Å². The molecule has 3 N–H and O–H groups in total. The zero-order valence-electron chi connectivity index (χ0n) is 16.7. The summed E-state index contributed by atoms with van der Waals surface area (Å²) in [7, 11) is -4.02. The zero-order valence-corrected chi connectivity index (χ0v) is 17.5. The number of fused-ring (bicyclic) bond motifs is 2. The Labute approximate surface area is 179 Å². The van der Waals surface area contributed by atoms with Gasteiger partial charge in [-0.25, -0.2) is 4.98 Å². The number of benzene rings is 2. The van der Waals surface area contributed by atoms with E-state index in [4.69, 9.17) is 4.28 Å². The molecule has 5 rings (SSSR count). The van der Waals surface area contributed by atoms with Gasteiger partial charge in [-0.2, -0.15) is 18.2 Å². The molecular weight excluding hydrogens is 416 g/mol. The lowest BCUT2D eigenvalue weighted by Gasteiger charge is -2.21. The number of aromatic nitrogens is 2. The molecule has 0 radical (unpaired) electrons. The molecule has 2 heterocycles. The lowest BCUT2D eigenvalue weighted by atomic mass is 9.96. The van der Waals surface area contributed by atoms with Crippen LogP contribution in [0, 0.1) is 0 Å². The minimum atomic E-state index is -4.02. The largest absolute Gasteiger partial charge is 0.338 e. The topological polar surface area (TPSA) is 113 Å². The maximum atomic E-state index is 12.7. The molecule has 1 amide bonds. The Morgan fingerprint density at radius 3 is 2.71 bits per heavy atom. The molecule has 160 valence electrons. The van der Waals surface area contributed by atoms with Crippen molar-refractivity contribution in [3.8, 4) is 0 Å². The molecule has 1 aliphatic carbocycles. The van der Waals surface area contributed by atoms with Crippen LogP contribution in [-0.2, 0) is 19.2 Å². The molecule has 0 spiro atoms. The fraction of sp³-hybridized carbons (Fsp3) is 0.273.